The molecule has 1 rings (SSSR count). The molecule has 1 aliphatic heterocycles. The van der Waals surface area contributed by atoms with Crippen molar-refractivity contribution in [1.82, 2.24) is 19.6 Å². The number of urea groups is 2. The molecule has 0 bridgehead atoms. The molecule has 4 amide bonds. The van der Waals surface area contributed by atoms with Crippen molar-refractivity contribution in [2.75, 3.05) is 65.4 Å². The summed E-state index contributed by atoms with van der Waals surface area (Å²) in [5, 5.41) is 0. The minimum absolute atomic E-state index is 0.230. The fraction of sp³-hybridized carbons (Fsp3) is 0.867. The Kier molecular flexibility index (Phi) is 19.6. The van der Waals surface area contributed by atoms with Crippen molar-refractivity contribution in [3.05, 3.63) is 0 Å². The van der Waals surface area contributed by atoms with Crippen LogP contribution in [-0.2, 0) is 0 Å². The van der Waals surface area contributed by atoms with Crippen molar-refractivity contribution in [3.63, 3.8) is 0 Å². The SMILES string of the molecule is CCCCC(CC)CN(CCCN1CCN(CCCN(CC(CC)CCCC)C(N)=NC(N)=O)CC1)C(N)=NC(N)=O. The maximum absolute atomic E-state index is 11.4. The third-order valence-corrected chi connectivity index (χ3v) is 8.41. The number of primary amides is 2. The second kappa shape index (κ2) is 22.0. The molecule has 2 atom stereocenters. The van der Waals surface area contributed by atoms with Gasteiger partial charge in [-0.25, -0.2) is 9.59 Å². The Morgan fingerprint density at radius 2 is 1.00 bits per heavy atom. The highest BCUT2D eigenvalue weighted by molar-refractivity contribution is 5.91. The van der Waals surface area contributed by atoms with Gasteiger partial charge < -0.3 is 42.5 Å². The van der Waals surface area contributed by atoms with Gasteiger partial charge in [-0.2, -0.15) is 9.98 Å². The van der Waals surface area contributed by atoms with Crippen LogP contribution in [0.4, 0.5) is 9.59 Å². The third kappa shape index (κ3) is 16.1. The molecule has 0 saturated carbocycles. The zero-order valence-corrected chi connectivity index (χ0v) is 27.1. The lowest BCUT2D eigenvalue weighted by atomic mass is 9.98. The van der Waals surface area contributed by atoms with Crippen LogP contribution < -0.4 is 22.9 Å². The van der Waals surface area contributed by atoms with Gasteiger partial charge in [0.05, 0.1) is 0 Å². The summed E-state index contributed by atoms with van der Waals surface area (Å²) in [4.78, 5) is 39.4. The summed E-state index contributed by atoms with van der Waals surface area (Å²) < 4.78 is 0. The van der Waals surface area contributed by atoms with Gasteiger partial charge in [-0.05, 0) is 50.6 Å². The normalized spacial score (nSPS) is 16.8. The molecule has 8 N–H and O–H groups in total. The molecule has 0 aliphatic carbocycles. The second-order valence-electron chi connectivity index (χ2n) is 11.7. The van der Waals surface area contributed by atoms with Crippen molar-refractivity contribution in [2.45, 2.75) is 91.9 Å². The number of aliphatic imine (C=N–C) groups is 2. The minimum atomic E-state index is -0.747. The summed E-state index contributed by atoms with van der Waals surface area (Å²) in [5.74, 6) is 1.50. The number of carbonyl (C=O) groups is 2. The molecular weight excluding hydrogens is 532 g/mol. The molecule has 1 fully saturated rings. The number of nitrogens with two attached hydrogens (primary N) is 4. The molecule has 12 nitrogen and oxygen atoms in total. The molecule has 2 unspecified atom stereocenters. The Morgan fingerprint density at radius 3 is 1.29 bits per heavy atom. The zero-order valence-electron chi connectivity index (χ0n) is 27.1. The molecule has 244 valence electrons. The van der Waals surface area contributed by atoms with Crippen molar-refractivity contribution < 1.29 is 9.59 Å². The average molecular weight is 595 g/mol. The van der Waals surface area contributed by atoms with Gasteiger partial charge in [0.1, 0.15) is 0 Å². The number of hydrogen-bond donors (Lipinski definition) is 4. The number of carbonyl (C=O) groups excluding carboxylic acids is 2. The monoisotopic (exact) mass is 595 g/mol. The van der Waals surface area contributed by atoms with Crippen LogP contribution in [0.25, 0.3) is 0 Å². The van der Waals surface area contributed by atoms with E-state index in [-0.39, 0.29) is 11.9 Å². The first-order chi connectivity index (χ1) is 20.1. The molecular formula is C30H62N10O2. The Labute approximate surface area is 255 Å². The van der Waals surface area contributed by atoms with Gasteiger partial charge in [-0.15, -0.1) is 0 Å². The number of amides is 4. The maximum Gasteiger partial charge on any atom is 0.341 e. The van der Waals surface area contributed by atoms with Crippen molar-refractivity contribution >= 4 is 24.0 Å². The smallest absolute Gasteiger partial charge is 0.341 e. The lowest BCUT2D eigenvalue weighted by molar-refractivity contribution is 0.125. The van der Waals surface area contributed by atoms with E-state index < -0.39 is 12.1 Å². The first-order valence-electron chi connectivity index (χ1n) is 16.3. The zero-order chi connectivity index (χ0) is 31.3. The lowest BCUT2D eigenvalue weighted by Crippen LogP contribution is -2.48. The highest BCUT2D eigenvalue weighted by Gasteiger charge is 2.20. The van der Waals surface area contributed by atoms with E-state index in [1.807, 2.05) is 9.80 Å². The molecule has 12 heteroatoms. The van der Waals surface area contributed by atoms with Gasteiger partial charge in [0, 0.05) is 52.4 Å². The molecule has 0 spiro atoms. The van der Waals surface area contributed by atoms with Crippen LogP contribution in [0.1, 0.15) is 91.9 Å². The summed E-state index contributed by atoms with van der Waals surface area (Å²) in [6.07, 6.45) is 11.1. The molecule has 0 aromatic rings. The number of guanidine groups is 2. The first-order valence-corrected chi connectivity index (χ1v) is 16.3. The average Bonchev–Trinajstić information content (AvgIpc) is 2.95. The summed E-state index contributed by atoms with van der Waals surface area (Å²) in [6.45, 7) is 18.0. The molecule has 0 aromatic heterocycles. The third-order valence-electron chi connectivity index (χ3n) is 8.41. The van der Waals surface area contributed by atoms with E-state index in [4.69, 9.17) is 22.9 Å². The quantitative estimate of drug-likeness (QED) is 0.123. The fourth-order valence-electron chi connectivity index (χ4n) is 5.63. The number of rotatable bonds is 20. The van der Waals surface area contributed by atoms with Crippen LogP contribution >= 0.6 is 0 Å². The second-order valence-corrected chi connectivity index (χ2v) is 11.7. The summed E-state index contributed by atoms with van der Waals surface area (Å²) in [5.41, 5.74) is 22.9. The minimum Gasteiger partial charge on any atom is -0.369 e. The number of hydrogen-bond acceptors (Lipinski definition) is 4. The standard InChI is InChI=1S/C30H62N10O2/c1-5-9-13-25(7-3)23-39(27(31)35-29(33)41)17-11-15-37-19-21-38(22-20-37)16-12-18-40(28(32)36-30(34)42)24-26(8-4)14-10-6-2/h25-26H,5-24H2,1-4H3,(H4,31,33,35,41)(H4,32,34,36,42). The van der Waals surface area contributed by atoms with Crippen LogP contribution in [0.2, 0.25) is 0 Å². The van der Waals surface area contributed by atoms with E-state index in [0.29, 0.717) is 11.8 Å². The van der Waals surface area contributed by atoms with E-state index in [0.717, 1.165) is 104 Å². The number of piperazine rings is 1. The maximum atomic E-state index is 11.4. The van der Waals surface area contributed by atoms with Crippen LogP contribution in [0.3, 0.4) is 0 Å². The van der Waals surface area contributed by atoms with E-state index in [1.54, 1.807) is 0 Å². The van der Waals surface area contributed by atoms with E-state index in [1.165, 1.54) is 25.7 Å². The van der Waals surface area contributed by atoms with Gasteiger partial charge in [0.25, 0.3) is 0 Å². The Bertz CT molecular complexity index is 748. The molecule has 1 aliphatic rings. The highest BCUT2D eigenvalue weighted by Crippen LogP contribution is 2.16. The first kappa shape index (κ1) is 37.4. The predicted molar refractivity (Wildman–Crippen MR) is 174 cm³/mol. The van der Waals surface area contributed by atoms with Crippen LogP contribution in [0.15, 0.2) is 9.98 Å². The van der Waals surface area contributed by atoms with E-state index in [2.05, 4.69) is 47.5 Å². The van der Waals surface area contributed by atoms with Crippen molar-refractivity contribution in [2.24, 2.45) is 44.8 Å². The topological polar surface area (TPSA) is 176 Å². The molecule has 1 saturated heterocycles. The van der Waals surface area contributed by atoms with Gasteiger partial charge >= 0.3 is 12.1 Å². The molecule has 0 radical (unpaired) electrons. The lowest BCUT2D eigenvalue weighted by Gasteiger charge is -2.36. The highest BCUT2D eigenvalue weighted by atomic mass is 16.2. The molecule has 1 heterocycles. The van der Waals surface area contributed by atoms with Crippen LogP contribution in [0.5, 0.6) is 0 Å². The van der Waals surface area contributed by atoms with E-state index in [9.17, 15) is 9.59 Å². The summed E-state index contributed by atoms with van der Waals surface area (Å²) >= 11 is 0. The van der Waals surface area contributed by atoms with Crippen molar-refractivity contribution in [1.29, 1.82) is 0 Å². The van der Waals surface area contributed by atoms with Gasteiger partial charge in [0.2, 0.25) is 11.9 Å². The largest absolute Gasteiger partial charge is 0.369 e. The Morgan fingerprint density at radius 1 is 0.643 bits per heavy atom. The number of unbranched alkanes of at least 4 members (excludes halogenated alkanes) is 2. The Balaban J connectivity index is 2.54. The molecule has 0 aromatic carbocycles. The van der Waals surface area contributed by atoms with Gasteiger partial charge in [-0.3, -0.25) is 0 Å². The van der Waals surface area contributed by atoms with E-state index >= 15 is 0 Å². The summed E-state index contributed by atoms with van der Waals surface area (Å²) in [6, 6.07) is -1.49. The van der Waals surface area contributed by atoms with Gasteiger partial charge in [0.15, 0.2) is 0 Å². The van der Waals surface area contributed by atoms with Crippen molar-refractivity contribution in [3.8, 4) is 0 Å². The summed E-state index contributed by atoms with van der Waals surface area (Å²) in [7, 11) is 0. The van der Waals surface area contributed by atoms with Crippen LogP contribution in [0, 0.1) is 11.8 Å². The number of nitrogens with zero attached hydrogens (tertiary/aromatic N) is 6. The van der Waals surface area contributed by atoms with Crippen LogP contribution in [-0.4, -0.2) is 109 Å². The fourth-order valence-corrected chi connectivity index (χ4v) is 5.63. The predicted octanol–water partition coefficient (Wildman–Crippen LogP) is 3.21. The Hall–Kier alpha value is -2.60. The van der Waals surface area contributed by atoms with Gasteiger partial charge in [-0.1, -0.05) is 66.2 Å². The molecule has 42 heavy (non-hydrogen) atoms.